The molecule has 4 rings (SSSR count). The van der Waals surface area contributed by atoms with Crippen LogP contribution in [0.1, 0.15) is 22.4 Å². The van der Waals surface area contributed by atoms with Gasteiger partial charge in [-0.25, -0.2) is 0 Å². The SMILES string of the molecule is Oc1ccc(Cl)cc1CN(Cc1ccccc1)CC(O)CN(Cc1ccccn1)Cc1ccccc1O. The first-order chi connectivity index (χ1) is 18.0. The van der Waals surface area contributed by atoms with Gasteiger partial charge < -0.3 is 15.3 Å². The molecule has 4 aromatic rings. The summed E-state index contributed by atoms with van der Waals surface area (Å²) in [6.07, 6.45) is 1.06. The molecule has 0 spiro atoms. The predicted octanol–water partition coefficient (Wildman–Crippen LogP) is 5.21. The molecule has 1 atom stereocenters. The second-order valence-corrected chi connectivity index (χ2v) is 9.64. The smallest absolute Gasteiger partial charge is 0.120 e. The number of nitrogens with zero attached hydrogens (tertiary/aromatic N) is 3. The van der Waals surface area contributed by atoms with Gasteiger partial charge in [0, 0.05) is 61.6 Å². The Balaban J connectivity index is 1.51. The van der Waals surface area contributed by atoms with Crippen LogP contribution in [0.4, 0.5) is 0 Å². The zero-order valence-electron chi connectivity index (χ0n) is 20.6. The van der Waals surface area contributed by atoms with E-state index in [0.29, 0.717) is 49.9 Å². The molecule has 6 nitrogen and oxygen atoms in total. The second kappa shape index (κ2) is 13.2. The Bertz CT molecular complexity index is 1260. The molecule has 192 valence electrons. The van der Waals surface area contributed by atoms with Gasteiger partial charge in [-0.05, 0) is 42.0 Å². The maximum atomic E-state index is 11.2. The molecule has 1 aromatic heterocycles. The number of phenols is 2. The topological polar surface area (TPSA) is 80.1 Å². The number of aromatic hydroxyl groups is 2. The standard InChI is InChI=1S/C30H32ClN3O3/c31-26-13-14-30(37)25(16-26)19-33(17-23-8-2-1-3-9-23)21-28(35)22-34(20-27-11-6-7-15-32-27)18-24-10-4-5-12-29(24)36/h1-16,28,35-37H,17-22H2. The van der Waals surface area contributed by atoms with Crippen LogP contribution in [0.2, 0.25) is 5.02 Å². The van der Waals surface area contributed by atoms with E-state index in [0.717, 1.165) is 16.8 Å². The van der Waals surface area contributed by atoms with Gasteiger partial charge in [-0.3, -0.25) is 14.8 Å². The number of aliphatic hydroxyl groups is 1. The van der Waals surface area contributed by atoms with Crippen LogP contribution in [0.15, 0.2) is 97.2 Å². The average molecular weight is 518 g/mol. The molecule has 1 unspecified atom stereocenters. The zero-order valence-corrected chi connectivity index (χ0v) is 21.4. The second-order valence-electron chi connectivity index (χ2n) is 9.20. The van der Waals surface area contributed by atoms with Crippen molar-refractivity contribution in [3.05, 3.63) is 125 Å². The summed E-state index contributed by atoms with van der Waals surface area (Å²) in [6, 6.07) is 28.1. The molecular formula is C30H32ClN3O3. The summed E-state index contributed by atoms with van der Waals surface area (Å²) in [7, 11) is 0. The van der Waals surface area contributed by atoms with Gasteiger partial charge in [0.2, 0.25) is 0 Å². The number of pyridine rings is 1. The van der Waals surface area contributed by atoms with E-state index in [2.05, 4.69) is 14.8 Å². The summed E-state index contributed by atoms with van der Waals surface area (Å²) < 4.78 is 0. The van der Waals surface area contributed by atoms with Gasteiger partial charge in [0.1, 0.15) is 11.5 Å². The van der Waals surface area contributed by atoms with Gasteiger partial charge in [-0.2, -0.15) is 0 Å². The molecule has 0 saturated heterocycles. The van der Waals surface area contributed by atoms with Crippen LogP contribution in [0, 0.1) is 0 Å². The zero-order chi connectivity index (χ0) is 26.0. The van der Waals surface area contributed by atoms with Crippen molar-refractivity contribution >= 4 is 11.6 Å². The van der Waals surface area contributed by atoms with Crippen molar-refractivity contribution in [2.75, 3.05) is 13.1 Å². The number of phenolic OH excluding ortho intramolecular Hbond substituents is 2. The molecule has 0 amide bonds. The Hall–Kier alpha value is -3.42. The number of rotatable bonds is 12. The quantitative estimate of drug-likeness (QED) is 0.239. The number of hydrogen-bond acceptors (Lipinski definition) is 6. The summed E-state index contributed by atoms with van der Waals surface area (Å²) in [4.78, 5) is 8.63. The van der Waals surface area contributed by atoms with Crippen molar-refractivity contribution in [3.8, 4) is 11.5 Å². The molecule has 0 bridgehead atoms. The summed E-state index contributed by atoms with van der Waals surface area (Å²) in [5.74, 6) is 0.401. The Kier molecular flexibility index (Phi) is 9.52. The molecule has 0 radical (unpaired) electrons. The van der Waals surface area contributed by atoms with E-state index in [9.17, 15) is 15.3 Å². The van der Waals surface area contributed by atoms with Crippen molar-refractivity contribution in [1.82, 2.24) is 14.8 Å². The number of halogens is 1. The number of para-hydroxylation sites is 1. The van der Waals surface area contributed by atoms with Crippen molar-refractivity contribution in [2.45, 2.75) is 32.3 Å². The minimum atomic E-state index is -0.695. The molecule has 3 N–H and O–H groups in total. The minimum absolute atomic E-state index is 0.174. The van der Waals surface area contributed by atoms with E-state index >= 15 is 0 Å². The first-order valence-electron chi connectivity index (χ1n) is 12.3. The summed E-state index contributed by atoms with van der Waals surface area (Å²) in [5.41, 5.74) is 3.48. The van der Waals surface area contributed by atoms with Gasteiger partial charge in [-0.15, -0.1) is 0 Å². The first-order valence-corrected chi connectivity index (χ1v) is 12.6. The highest BCUT2D eigenvalue weighted by Crippen LogP contribution is 2.24. The highest BCUT2D eigenvalue weighted by Gasteiger charge is 2.19. The van der Waals surface area contributed by atoms with Crippen molar-refractivity contribution < 1.29 is 15.3 Å². The molecule has 0 fully saturated rings. The number of aliphatic hydroxyl groups excluding tert-OH is 1. The lowest BCUT2D eigenvalue weighted by Gasteiger charge is -2.30. The van der Waals surface area contributed by atoms with Crippen LogP contribution >= 0.6 is 11.6 Å². The number of aromatic nitrogens is 1. The molecule has 7 heteroatoms. The van der Waals surface area contributed by atoms with Gasteiger partial charge in [0.25, 0.3) is 0 Å². The average Bonchev–Trinajstić information content (AvgIpc) is 2.88. The van der Waals surface area contributed by atoms with Gasteiger partial charge in [0.15, 0.2) is 0 Å². The van der Waals surface area contributed by atoms with E-state index in [4.69, 9.17) is 11.6 Å². The lowest BCUT2D eigenvalue weighted by molar-refractivity contribution is 0.0622. The van der Waals surface area contributed by atoms with Crippen LogP contribution < -0.4 is 0 Å². The lowest BCUT2D eigenvalue weighted by Crippen LogP contribution is -2.39. The van der Waals surface area contributed by atoms with Crippen molar-refractivity contribution in [1.29, 1.82) is 0 Å². The highest BCUT2D eigenvalue weighted by molar-refractivity contribution is 6.30. The van der Waals surface area contributed by atoms with Crippen LogP contribution in [0.5, 0.6) is 11.5 Å². The maximum absolute atomic E-state index is 11.2. The van der Waals surface area contributed by atoms with E-state index in [1.807, 2.05) is 60.7 Å². The third-order valence-corrected chi connectivity index (χ3v) is 6.35. The van der Waals surface area contributed by atoms with E-state index in [1.54, 1.807) is 36.5 Å². The van der Waals surface area contributed by atoms with Gasteiger partial charge in [-0.1, -0.05) is 66.2 Å². The summed E-state index contributed by atoms with van der Waals surface area (Å²) in [5, 5.41) is 32.5. The van der Waals surface area contributed by atoms with E-state index in [-0.39, 0.29) is 11.5 Å². The molecule has 1 heterocycles. The fourth-order valence-electron chi connectivity index (χ4n) is 4.39. The third kappa shape index (κ3) is 8.30. The van der Waals surface area contributed by atoms with E-state index < -0.39 is 6.10 Å². The van der Waals surface area contributed by atoms with E-state index in [1.165, 1.54) is 0 Å². The fraction of sp³-hybridized carbons (Fsp3) is 0.233. The third-order valence-electron chi connectivity index (χ3n) is 6.12. The molecule has 0 aliphatic heterocycles. The maximum Gasteiger partial charge on any atom is 0.120 e. The summed E-state index contributed by atoms with van der Waals surface area (Å²) in [6.45, 7) is 2.77. The summed E-state index contributed by atoms with van der Waals surface area (Å²) >= 11 is 6.19. The molecule has 0 aliphatic carbocycles. The van der Waals surface area contributed by atoms with Crippen LogP contribution in [0.25, 0.3) is 0 Å². The van der Waals surface area contributed by atoms with Gasteiger partial charge in [0.05, 0.1) is 11.8 Å². The lowest BCUT2D eigenvalue weighted by atomic mass is 10.1. The highest BCUT2D eigenvalue weighted by atomic mass is 35.5. The molecule has 0 saturated carbocycles. The largest absolute Gasteiger partial charge is 0.508 e. The molecular weight excluding hydrogens is 486 g/mol. The van der Waals surface area contributed by atoms with Crippen molar-refractivity contribution in [3.63, 3.8) is 0 Å². The number of hydrogen-bond donors (Lipinski definition) is 3. The normalized spacial score (nSPS) is 12.2. The first kappa shape index (κ1) is 26.6. The molecule has 37 heavy (non-hydrogen) atoms. The molecule has 3 aromatic carbocycles. The molecule has 0 aliphatic rings. The number of benzene rings is 3. The van der Waals surface area contributed by atoms with Crippen LogP contribution in [0.3, 0.4) is 0 Å². The Morgan fingerprint density at radius 3 is 2.05 bits per heavy atom. The van der Waals surface area contributed by atoms with Crippen LogP contribution in [-0.2, 0) is 26.2 Å². The van der Waals surface area contributed by atoms with Crippen molar-refractivity contribution in [2.24, 2.45) is 0 Å². The van der Waals surface area contributed by atoms with Crippen LogP contribution in [-0.4, -0.2) is 49.3 Å². The predicted molar refractivity (Wildman–Crippen MR) is 146 cm³/mol. The Morgan fingerprint density at radius 2 is 1.32 bits per heavy atom. The van der Waals surface area contributed by atoms with Gasteiger partial charge >= 0.3 is 0 Å². The fourth-order valence-corrected chi connectivity index (χ4v) is 4.59. The Morgan fingerprint density at radius 1 is 0.676 bits per heavy atom. The monoisotopic (exact) mass is 517 g/mol. The minimum Gasteiger partial charge on any atom is -0.508 e. The Labute approximate surface area is 223 Å².